The van der Waals surface area contributed by atoms with Crippen molar-refractivity contribution in [2.75, 3.05) is 17.7 Å². The Balaban J connectivity index is 2.15. The highest BCUT2D eigenvalue weighted by molar-refractivity contribution is 9.10. The largest absolute Gasteiger partial charge is 0.409 e. The Morgan fingerprint density at radius 2 is 2.27 bits per heavy atom. The van der Waals surface area contributed by atoms with Crippen LogP contribution in [0.3, 0.4) is 0 Å². The summed E-state index contributed by atoms with van der Waals surface area (Å²) in [6, 6.07) is 4.24. The SMILES string of the molecule is OCCCSc1nonc1/C(=N/O)Nc1ccc(F)c(Br)c1. The quantitative estimate of drug-likeness (QED) is 0.174. The maximum atomic E-state index is 13.2. The third kappa shape index (κ3) is 4.18. The van der Waals surface area contributed by atoms with E-state index < -0.39 is 5.82 Å². The van der Waals surface area contributed by atoms with Crippen molar-refractivity contribution in [1.82, 2.24) is 10.3 Å². The molecule has 2 rings (SSSR count). The first-order valence-electron chi connectivity index (χ1n) is 6.16. The van der Waals surface area contributed by atoms with Gasteiger partial charge in [-0.05, 0) is 50.9 Å². The second-order valence-corrected chi connectivity index (χ2v) is 5.98. The Labute approximate surface area is 137 Å². The molecule has 10 heteroatoms. The Kier molecular flexibility index (Phi) is 6.16. The predicted molar refractivity (Wildman–Crippen MR) is 82.8 cm³/mol. The summed E-state index contributed by atoms with van der Waals surface area (Å²) in [5, 5.41) is 31.7. The van der Waals surface area contributed by atoms with Crippen LogP contribution in [0.15, 0.2) is 37.5 Å². The summed E-state index contributed by atoms with van der Waals surface area (Å²) in [5.74, 6) is 0.223. The number of benzene rings is 1. The van der Waals surface area contributed by atoms with Crippen LogP contribution in [0.1, 0.15) is 12.1 Å². The monoisotopic (exact) mass is 390 g/mol. The van der Waals surface area contributed by atoms with E-state index in [0.29, 0.717) is 22.9 Å². The molecule has 1 aromatic heterocycles. The summed E-state index contributed by atoms with van der Waals surface area (Å²) in [4.78, 5) is 0. The number of thioether (sulfide) groups is 1. The fraction of sp³-hybridized carbons (Fsp3) is 0.250. The zero-order valence-electron chi connectivity index (χ0n) is 11.2. The number of amidine groups is 1. The van der Waals surface area contributed by atoms with Gasteiger partial charge in [-0.1, -0.05) is 5.16 Å². The Morgan fingerprint density at radius 1 is 1.45 bits per heavy atom. The van der Waals surface area contributed by atoms with E-state index in [1.165, 1.54) is 30.0 Å². The minimum atomic E-state index is -0.406. The lowest BCUT2D eigenvalue weighted by atomic mass is 10.3. The number of aliphatic hydroxyl groups excluding tert-OH is 1. The second kappa shape index (κ2) is 8.11. The van der Waals surface area contributed by atoms with Gasteiger partial charge in [0.2, 0.25) is 5.84 Å². The van der Waals surface area contributed by atoms with Gasteiger partial charge in [0.05, 0.1) is 4.47 Å². The van der Waals surface area contributed by atoms with Crippen molar-refractivity contribution in [2.24, 2.45) is 5.16 Å². The molecule has 0 unspecified atom stereocenters. The maximum absolute atomic E-state index is 13.2. The van der Waals surface area contributed by atoms with Crippen LogP contribution < -0.4 is 5.32 Å². The number of rotatable bonds is 6. The number of hydrogen-bond acceptors (Lipinski definition) is 7. The van der Waals surface area contributed by atoms with Crippen molar-refractivity contribution in [3.05, 3.63) is 34.2 Å². The predicted octanol–water partition coefficient (Wildman–Crippen LogP) is 2.69. The third-order valence-electron chi connectivity index (χ3n) is 2.51. The minimum absolute atomic E-state index is 0.0197. The molecule has 3 N–H and O–H groups in total. The van der Waals surface area contributed by atoms with Crippen molar-refractivity contribution in [3.8, 4) is 0 Å². The van der Waals surface area contributed by atoms with Crippen LogP contribution in [0.4, 0.5) is 10.1 Å². The number of halogens is 2. The highest BCUT2D eigenvalue weighted by atomic mass is 79.9. The molecule has 7 nitrogen and oxygen atoms in total. The number of anilines is 1. The van der Waals surface area contributed by atoms with Crippen LogP contribution in [0.2, 0.25) is 0 Å². The van der Waals surface area contributed by atoms with Crippen molar-refractivity contribution < 1.29 is 19.3 Å². The molecule has 0 aliphatic carbocycles. The first-order valence-corrected chi connectivity index (χ1v) is 7.94. The van der Waals surface area contributed by atoms with E-state index in [9.17, 15) is 4.39 Å². The fourth-order valence-electron chi connectivity index (χ4n) is 1.50. The van der Waals surface area contributed by atoms with E-state index in [1.807, 2.05) is 0 Å². The number of oxime groups is 1. The van der Waals surface area contributed by atoms with Crippen molar-refractivity contribution in [1.29, 1.82) is 0 Å². The van der Waals surface area contributed by atoms with Crippen LogP contribution in [-0.2, 0) is 0 Å². The zero-order valence-corrected chi connectivity index (χ0v) is 13.6. The average Bonchev–Trinajstić information content (AvgIpc) is 2.97. The first-order chi connectivity index (χ1) is 10.7. The topological polar surface area (TPSA) is 104 Å². The zero-order chi connectivity index (χ0) is 15.9. The molecule has 1 aromatic carbocycles. The Morgan fingerprint density at radius 3 is 2.95 bits per heavy atom. The van der Waals surface area contributed by atoms with E-state index in [4.69, 9.17) is 10.3 Å². The molecule has 0 aliphatic heterocycles. The molecule has 0 saturated heterocycles. The summed E-state index contributed by atoms with van der Waals surface area (Å²) in [5.41, 5.74) is 0.723. The molecule has 0 amide bonds. The molecule has 0 saturated carbocycles. The molecular formula is C12H12BrFN4O3S. The first kappa shape index (κ1) is 16.7. The van der Waals surface area contributed by atoms with Crippen LogP contribution in [0, 0.1) is 5.82 Å². The van der Waals surface area contributed by atoms with Gasteiger partial charge in [-0.25, -0.2) is 9.02 Å². The number of hydrogen-bond donors (Lipinski definition) is 3. The molecule has 1 heterocycles. The van der Waals surface area contributed by atoms with Crippen molar-refractivity contribution in [2.45, 2.75) is 11.4 Å². The van der Waals surface area contributed by atoms with E-state index in [-0.39, 0.29) is 22.6 Å². The summed E-state index contributed by atoms with van der Waals surface area (Å²) in [6.07, 6.45) is 0.584. The number of nitrogens with one attached hydrogen (secondary N) is 1. The Bertz CT molecular complexity index is 668. The van der Waals surface area contributed by atoms with Gasteiger partial charge in [0, 0.05) is 18.0 Å². The number of nitrogens with zero attached hydrogens (tertiary/aromatic N) is 3. The highest BCUT2D eigenvalue weighted by Crippen LogP contribution is 2.23. The smallest absolute Gasteiger partial charge is 0.202 e. The molecule has 0 bridgehead atoms. The van der Waals surface area contributed by atoms with Gasteiger partial charge in [0.25, 0.3) is 0 Å². The standard InChI is InChI=1S/C12H12BrFN4O3S/c13-8-6-7(2-3-9(8)14)15-11(16-20)10-12(18-21-17-10)22-5-1-4-19/h2-3,6,19-20H,1,4-5H2,(H,15,16). The minimum Gasteiger partial charge on any atom is -0.409 e. The van der Waals surface area contributed by atoms with Gasteiger partial charge >= 0.3 is 0 Å². The number of aliphatic hydroxyl groups is 1. The average molecular weight is 391 g/mol. The van der Waals surface area contributed by atoms with E-state index in [0.717, 1.165) is 0 Å². The highest BCUT2D eigenvalue weighted by Gasteiger charge is 2.18. The van der Waals surface area contributed by atoms with Gasteiger partial charge in [0.1, 0.15) is 5.82 Å². The molecule has 0 atom stereocenters. The molecule has 22 heavy (non-hydrogen) atoms. The van der Waals surface area contributed by atoms with Crippen molar-refractivity contribution in [3.63, 3.8) is 0 Å². The van der Waals surface area contributed by atoms with Crippen LogP contribution in [0.5, 0.6) is 0 Å². The van der Waals surface area contributed by atoms with Crippen LogP contribution in [-0.4, -0.2) is 38.8 Å². The van der Waals surface area contributed by atoms with Gasteiger partial charge in [-0.3, -0.25) is 0 Å². The molecule has 118 valence electrons. The molecule has 0 spiro atoms. The van der Waals surface area contributed by atoms with E-state index >= 15 is 0 Å². The summed E-state index contributed by atoms with van der Waals surface area (Å²) in [6.45, 7) is 0.0659. The van der Waals surface area contributed by atoms with Gasteiger partial charge in [0.15, 0.2) is 10.7 Å². The molecule has 0 aliphatic rings. The van der Waals surface area contributed by atoms with Gasteiger partial charge in [-0.2, -0.15) is 0 Å². The molecular weight excluding hydrogens is 379 g/mol. The second-order valence-electron chi connectivity index (χ2n) is 4.05. The maximum Gasteiger partial charge on any atom is 0.202 e. The molecule has 2 aromatic rings. The van der Waals surface area contributed by atoms with E-state index in [1.54, 1.807) is 0 Å². The lowest BCUT2D eigenvalue weighted by Crippen LogP contribution is -2.15. The van der Waals surface area contributed by atoms with Crippen molar-refractivity contribution >= 4 is 39.2 Å². The number of aromatic nitrogens is 2. The summed E-state index contributed by atoms with van der Waals surface area (Å²) in [7, 11) is 0. The molecule has 0 radical (unpaired) electrons. The molecule has 0 fully saturated rings. The van der Waals surface area contributed by atoms with Gasteiger partial charge in [-0.15, -0.1) is 11.8 Å². The lowest BCUT2D eigenvalue weighted by molar-refractivity contribution is 0.295. The Hall–Kier alpha value is -1.65. The third-order valence-corrected chi connectivity index (χ3v) is 4.15. The fourth-order valence-corrected chi connectivity index (χ4v) is 2.70. The normalized spacial score (nSPS) is 11.7. The summed E-state index contributed by atoms with van der Waals surface area (Å²) >= 11 is 4.38. The van der Waals surface area contributed by atoms with Gasteiger partial charge < -0.3 is 15.6 Å². The lowest BCUT2D eigenvalue weighted by Gasteiger charge is -2.07. The van der Waals surface area contributed by atoms with Crippen LogP contribution >= 0.6 is 27.7 Å². The van der Waals surface area contributed by atoms with Crippen LogP contribution in [0.25, 0.3) is 0 Å². The summed E-state index contributed by atoms with van der Waals surface area (Å²) < 4.78 is 18.1. The van der Waals surface area contributed by atoms with E-state index in [2.05, 4.69) is 41.3 Å².